The van der Waals surface area contributed by atoms with E-state index in [1.807, 2.05) is 0 Å². The Bertz CT molecular complexity index is 485. The van der Waals surface area contributed by atoms with E-state index in [-0.39, 0.29) is 5.82 Å². The Hall–Kier alpha value is -1.46. The lowest BCUT2D eigenvalue weighted by Crippen LogP contribution is -2.00. The zero-order chi connectivity index (χ0) is 12.3. The molecule has 0 fully saturated rings. The SMILES string of the molecule is C[C@H](O)c1cc(F)ccc1OCc1cncs1. The van der Waals surface area contributed by atoms with Crippen LogP contribution in [0.2, 0.25) is 0 Å². The van der Waals surface area contributed by atoms with Crippen LogP contribution in [0.1, 0.15) is 23.5 Å². The number of thiazole rings is 1. The molecule has 0 aliphatic carbocycles. The molecule has 5 heteroatoms. The first-order chi connectivity index (χ1) is 8.16. The predicted molar refractivity (Wildman–Crippen MR) is 63.5 cm³/mol. The molecule has 0 saturated heterocycles. The average molecular weight is 253 g/mol. The molecule has 0 spiro atoms. The molecule has 0 aliphatic rings. The molecule has 90 valence electrons. The summed E-state index contributed by atoms with van der Waals surface area (Å²) in [5, 5.41) is 9.53. The molecule has 17 heavy (non-hydrogen) atoms. The number of aliphatic hydroxyl groups is 1. The highest BCUT2D eigenvalue weighted by Crippen LogP contribution is 2.26. The number of aliphatic hydroxyl groups excluding tert-OH is 1. The van der Waals surface area contributed by atoms with Crippen molar-refractivity contribution in [3.63, 3.8) is 0 Å². The van der Waals surface area contributed by atoms with Crippen molar-refractivity contribution < 1.29 is 14.2 Å². The van der Waals surface area contributed by atoms with Crippen molar-refractivity contribution >= 4 is 11.3 Å². The molecule has 1 N–H and O–H groups in total. The largest absolute Gasteiger partial charge is 0.488 e. The third kappa shape index (κ3) is 3.01. The van der Waals surface area contributed by atoms with Gasteiger partial charge in [-0.2, -0.15) is 0 Å². The van der Waals surface area contributed by atoms with Crippen molar-refractivity contribution in [3.8, 4) is 5.75 Å². The van der Waals surface area contributed by atoms with Gasteiger partial charge < -0.3 is 9.84 Å². The number of halogens is 1. The molecule has 0 unspecified atom stereocenters. The number of aromatic nitrogens is 1. The zero-order valence-corrected chi connectivity index (χ0v) is 10.1. The van der Waals surface area contributed by atoms with Crippen LogP contribution in [0.3, 0.4) is 0 Å². The molecule has 0 amide bonds. The highest BCUT2D eigenvalue weighted by atomic mass is 32.1. The maximum absolute atomic E-state index is 13.0. The number of nitrogens with zero attached hydrogens (tertiary/aromatic N) is 1. The molecule has 0 bridgehead atoms. The van der Waals surface area contributed by atoms with Crippen LogP contribution in [0.4, 0.5) is 4.39 Å². The second-order valence-corrected chi connectivity index (χ2v) is 4.59. The quantitative estimate of drug-likeness (QED) is 0.911. The lowest BCUT2D eigenvalue weighted by Gasteiger charge is -2.12. The van der Waals surface area contributed by atoms with Gasteiger partial charge in [0, 0.05) is 11.8 Å². The summed E-state index contributed by atoms with van der Waals surface area (Å²) in [6, 6.07) is 4.12. The fourth-order valence-electron chi connectivity index (χ4n) is 1.44. The summed E-state index contributed by atoms with van der Waals surface area (Å²) in [4.78, 5) is 4.91. The van der Waals surface area contributed by atoms with Crippen molar-refractivity contribution in [3.05, 3.63) is 46.2 Å². The van der Waals surface area contributed by atoms with E-state index in [9.17, 15) is 9.50 Å². The molecule has 3 nitrogen and oxygen atoms in total. The van der Waals surface area contributed by atoms with Crippen LogP contribution in [-0.2, 0) is 6.61 Å². The van der Waals surface area contributed by atoms with E-state index in [0.717, 1.165) is 4.88 Å². The van der Waals surface area contributed by atoms with Gasteiger partial charge in [-0.3, -0.25) is 4.98 Å². The van der Waals surface area contributed by atoms with Crippen molar-refractivity contribution in [1.29, 1.82) is 0 Å². The smallest absolute Gasteiger partial charge is 0.125 e. The first kappa shape index (κ1) is 12.0. The van der Waals surface area contributed by atoms with Gasteiger partial charge >= 0.3 is 0 Å². The summed E-state index contributed by atoms with van der Waals surface area (Å²) in [6.07, 6.45) is 0.957. The van der Waals surface area contributed by atoms with Gasteiger partial charge in [-0.15, -0.1) is 11.3 Å². The van der Waals surface area contributed by atoms with Gasteiger partial charge in [0.25, 0.3) is 0 Å². The van der Waals surface area contributed by atoms with Gasteiger partial charge in [0.05, 0.1) is 16.5 Å². The molecule has 1 heterocycles. The molecule has 1 atom stereocenters. The van der Waals surface area contributed by atoms with E-state index >= 15 is 0 Å². The minimum Gasteiger partial charge on any atom is -0.488 e. The maximum Gasteiger partial charge on any atom is 0.125 e. The number of hydrogen-bond donors (Lipinski definition) is 1. The third-order valence-electron chi connectivity index (χ3n) is 2.28. The summed E-state index contributed by atoms with van der Waals surface area (Å²) in [5.41, 5.74) is 2.17. The molecule has 0 saturated carbocycles. The highest BCUT2D eigenvalue weighted by molar-refractivity contribution is 7.09. The zero-order valence-electron chi connectivity index (χ0n) is 9.26. The van der Waals surface area contributed by atoms with Gasteiger partial charge in [-0.05, 0) is 25.1 Å². The van der Waals surface area contributed by atoms with Crippen molar-refractivity contribution in [2.75, 3.05) is 0 Å². The Morgan fingerprint density at radius 1 is 1.53 bits per heavy atom. The van der Waals surface area contributed by atoms with Crippen molar-refractivity contribution in [1.82, 2.24) is 4.98 Å². The maximum atomic E-state index is 13.0. The molecule has 2 aromatic rings. The second kappa shape index (κ2) is 5.25. The summed E-state index contributed by atoms with van der Waals surface area (Å²) in [6.45, 7) is 1.95. The lowest BCUT2D eigenvalue weighted by atomic mass is 10.1. The normalized spacial score (nSPS) is 12.4. The molecule has 0 aliphatic heterocycles. The number of hydrogen-bond acceptors (Lipinski definition) is 4. The van der Waals surface area contributed by atoms with Crippen LogP contribution in [0.15, 0.2) is 29.9 Å². The van der Waals surface area contributed by atoms with Gasteiger partial charge in [0.1, 0.15) is 18.2 Å². The van der Waals surface area contributed by atoms with E-state index in [1.165, 1.54) is 29.5 Å². The third-order valence-corrected chi connectivity index (χ3v) is 3.03. The Balaban J connectivity index is 2.14. The van der Waals surface area contributed by atoms with E-state index in [1.54, 1.807) is 18.6 Å². The van der Waals surface area contributed by atoms with Crippen molar-refractivity contribution in [2.24, 2.45) is 0 Å². The first-order valence-electron chi connectivity index (χ1n) is 5.14. The van der Waals surface area contributed by atoms with E-state index in [0.29, 0.717) is 17.9 Å². The summed E-state index contributed by atoms with van der Waals surface area (Å²) < 4.78 is 18.6. The van der Waals surface area contributed by atoms with Gasteiger partial charge in [0.2, 0.25) is 0 Å². The van der Waals surface area contributed by atoms with E-state index < -0.39 is 6.10 Å². The summed E-state index contributed by atoms with van der Waals surface area (Å²) >= 11 is 1.49. The molecule has 1 aromatic heterocycles. The van der Waals surface area contributed by atoms with Gasteiger partial charge in [0.15, 0.2) is 0 Å². The van der Waals surface area contributed by atoms with E-state index in [2.05, 4.69) is 4.98 Å². The summed E-state index contributed by atoms with van der Waals surface area (Å²) in [7, 11) is 0. The monoisotopic (exact) mass is 253 g/mol. The Morgan fingerprint density at radius 3 is 3.00 bits per heavy atom. The minimum absolute atomic E-state index is 0.371. The highest BCUT2D eigenvalue weighted by Gasteiger charge is 2.10. The van der Waals surface area contributed by atoms with Crippen LogP contribution >= 0.6 is 11.3 Å². The average Bonchev–Trinajstić information content (AvgIpc) is 2.80. The van der Waals surface area contributed by atoms with Crippen molar-refractivity contribution in [2.45, 2.75) is 19.6 Å². The predicted octanol–water partition coefficient (Wildman–Crippen LogP) is 2.91. The fourth-order valence-corrected chi connectivity index (χ4v) is 1.95. The number of benzene rings is 1. The van der Waals surface area contributed by atoms with Gasteiger partial charge in [-0.1, -0.05) is 0 Å². The lowest BCUT2D eigenvalue weighted by molar-refractivity contribution is 0.189. The molecular weight excluding hydrogens is 241 g/mol. The number of rotatable bonds is 4. The minimum atomic E-state index is -0.762. The topological polar surface area (TPSA) is 42.4 Å². The Labute approximate surface area is 103 Å². The summed E-state index contributed by atoms with van der Waals surface area (Å²) in [5.74, 6) is 0.112. The fraction of sp³-hybridized carbons (Fsp3) is 0.250. The second-order valence-electron chi connectivity index (χ2n) is 3.61. The Morgan fingerprint density at radius 2 is 2.35 bits per heavy atom. The van der Waals surface area contributed by atoms with Crippen LogP contribution in [0.25, 0.3) is 0 Å². The van der Waals surface area contributed by atoms with Gasteiger partial charge in [-0.25, -0.2) is 4.39 Å². The first-order valence-corrected chi connectivity index (χ1v) is 6.02. The molecular formula is C12H12FNO2S. The molecule has 0 radical (unpaired) electrons. The van der Waals surface area contributed by atoms with Crippen LogP contribution < -0.4 is 4.74 Å². The number of ether oxygens (including phenoxy) is 1. The Kier molecular flexibility index (Phi) is 3.71. The standard InChI is InChI=1S/C12H12FNO2S/c1-8(15)11-4-9(13)2-3-12(11)16-6-10-5-14-7-17-10/h2-5,7-8,15H,6H2,1H3/t8-/m0/s1. The van der Waals surface area contributed by atoms with Crippen LogP contribution in [0.5, 0.6) is 5.75 Å². The molecule has 1 aromatic carbocycles. The molecule has 2 rings (SSSR count). The van der Waals surface area contributed by atoms with Crippen LogP contribution in [-0.4, -0.2) is 10.1 Å². The van der Waals surface area contributed by atoms with E-state index in [4.69, 9.17) is 4.74 Å². The van der Waals surface area contributed by atoms with Crippen LogP contribution in [0, 0.1) is 5.82 Å².